The van der Waals surface area contributed by atoms with E-state index in [2.05, 4.69) is 218 Å². The Hall–Kier alpha value is -8.84. The normalized spacial score (nSPS) is 11.9. The van der Waals surface area contributed by atoms with E-state index < -0.39 is 0 Å². The lowest BCUT2D eigenvalue weighted by molar-refractivity contribution is 0.106. The van der Waals surface area contributed by atoms with E-state index in [1.54, 1.807) is 0 Å². The fourth-order valence-corrected chi connectivity index (χ4v) is 11.2. The van der Waals surface area contributed by atoms with Crippen LogP contribution in [-0.4, -0.2) is 28.9 Å². The van der Waals surface area contributed by atoms with Crippen molar-refractivity contribution in [1.29, 1.82) is 0 Å². The van der Waals surface area contributed by atoms with Gasteiger partial charge in [0.15, 0.2) is 0 Å². The molecular formula is C62H38N4OS. The number of para-hydroxylation sites is 6. The van der Waals surface area contributed by atoms with Gasteiger partial charge in [-0.25, -0.2) is 0 Å². The minimum absolute atomic E-state index is 0.177. The molecule has 14 rings (SSSR count). The molecule has 0 aliphatic rings. The summed E-state index contributed by atoms with van der Waals surface area (Å²) in [5, 5.41) is 8.88. The van der Waals surface area contributed by atoms with Crippen LogP contribution < -0.4 is 0 Å². The van der Waals surface area contributed by atoms with Crippen LogP contribution >= 0.6 is 12.2 Å². The molecule has 0 saturated heterocycles. The van der Waals surface area contributed by atoms with Crippen LogP contribution in [0, 0.1) is 0 Å². The first-order valence-electron chi connectivity index (χ1n) is 22.9. The number of benzene rings is 10. The van der Waals surface area contributed by atoms with Gasteiger partial charge in [-0.2, -0.15) is 0 Å². The lowest BCUT2D eigenvalue weighted by Gasteiger charge is -2.10. The summed E-state index contributed by atoms with van der Waals surface area (Å²) < 4.78 is 9.35. The third kappa shape index (κ3) is 5.62. The Bertz CT molecular complexity index is 4100. The Morgan fingerprint density at radius 2 is 0.559 bits per heavy atom. The number of nitrogens with zero attached hydrogens (tertiary/aromatic N) is 4. The number of aromatic nitrogens is 4. The van der Waals surface area contributed by atoms with Crippen molar-refractivity contribution in [2.45, 2.75) is 0 Å². The van der Waals surface area contributed by atoms with Gasteiger partial charge in [0.2, 0.25) is 5.78 Å². The standard InChI is InChI=1S/C62H38N4OS/c67-61(39-29-31-55-47(33-39)51-35-49-45-25-13-15-27-53(45)63(41-17-5-1-6-18-41)57(49)37-59(51)65(55)43-21-9-3-10-22-43)62(68)40-30-32-56-48(34-40)52-36-50-46-26-14-16-28-54(46)64(42-19-7-2-8-20-42)58(50)38-60(52)66(56)44-23-11-4-12-24-44/h1-38H. The van der Waals surface area contributed by atoms with Crippen molar-refractivity contribution in [2.24, 2.45) is 0 Å². The third-order valence-corrected chi connectivity index (χ3v) is 14.3. The molecule has 0 aliphatic heterocycles. The van der Waals surface area contributed by atoms with E-state index in [9.17, 15) is 4.79 Å². The Kier molecular flexibility index (Phi) is 8.39. The van der Waals surface area contributed by atoms with Crippen molar-refractivity contribution < 1.29 is 4.79 Å². The quantitative estimate of drug-likeness (QED) is 0.118. The Morgan fingerprint density at radius 3 is 0.956 bits per heavy atom. The summed E-state index contributed by atoms with van der Waals surface area (Å²) in [5.41, 5.74) is 14.4. The second-order valence-corrected chi connectivity index (χ2v) is 18.0. The van der Waals surface area contributed by atoms with Gasteiger partial charge in [0, 0.05) is 71.4 Å². The van der Waals surface area contributed by atoms with Gasteiger partial charge in [-0.05, 0) is 121 Å². The first-order chi connectivity index (χ1) is 33.6. The second kappa shape index (κ2) is 14.8. The van der Waals surface area contributed by atoms with E-state index in [4.69, 9.17) is 12.2 Å². The number of ketones is 1. The number of rotatable bonds is 7. The van der Waals surface area contributed by atoms with Crippen molar-refractivity contribution >= 4 is 110 Å². The largest absolute Gasteiger partial charge is 0.309 e. The van der Waals surface area contributed by atoms with Gasteiger partial charge in [0.05, 0.1) is 49.0 Å². The monoisotopic (exact) mass is 886 g/mol. The van der Waals surface area contributed by atoms with Gasteiger partial charge in [-0.15, -0.1) is 0 Å². The van der Waals surface area contributed by atoms with Gasteiger partial charge < -0.3 is 18.3 Å². The second-order valence-electron chi connectivity index (χ2n) is 17.6. The molecule has 4 heterocycles. The van der Waals surface area contributed by atoms with Gasteiger partial charge >= 0.3 is 0 Å². The Morgan fingerprint density at radius 1 is 0.265 bits per heavy atom. The lowest BCUT2D eigenvalue weighted by Crippen LogP contribution is -2.13. The predicted octanol–water partition coefficient (Wildman–Crippen LogP) is 15.7. The highest BCUT2D eigenvalue weighted by Gasteiger charge is 2.24. The summed E-state index contributed by atoms with van der Waals surface area (Å²) in [6.07, 6.45) is 0. The van der Waals surface area contributed by atoms with Crippen molar-refractivity contribution in [3.63, 3.8) is 0 Å². The maximum Gasteiger partial charge on any atom is 0.204 e. The highest BCUT2D eigenvalue weighted by molar-refractivity contribution is 7.82. The minimum atomic E-state index is -0.177. The molecule has 0 atom stereocenters. The number of fused-ring (bicyclic) bond motifs is 12. The summed E-state index contributed by atoms with van der Waals surface area (Å²) in [6.45, 7) is 0. The van der Waals surface area contributed by atoms with Crippen LogP contribution in [0.2, 0.25) is 0 Å². The third-order valence-electron chi connectivity index (χ3n) is 13.9. The van der Waals surface area contributed by atoms with E-state index in [0.717, 1.165) is 105 Å². The van der Waals surface area contributed by atoms with E-state index in [1.807, 2.05) is 30.3 Å². The smallest absolute Gasteiger partial charge is 0.204 e. The number of Topliss-reactive ketones (excluding diaryl/α,β-unsaturated/α-hetero) is 1. The molecule has 4 aromatic heterocycles. The molecule has 0 N–H and O–H groups in total. The molecule has 10 aromatic carbocycles. The lowest BCUT2D eigenvalue weighted by atomic mass is 9.99. The van der Waals surface area contributed by atoms with E-state index >= 15 is 0 Å². The SMILES string of the molecule is O=C(C(=S)c1ccc2c(c1)c1cc3c4ccccc4n(-c4ccccc4)c3cc1n2-c1ccccc1)c1ccc2c(c1)c1cc3c4ccccc4n(-c4ccccc4)c3cc1n2-c1ccccc1. The van der Waals surface area contributed by atoms with Gasteiger partial charge in [-0.3, -0.25) is 4.79 Å². The van der Waals surface area contributed by atoms with Crippen molar-refractivity contribution in [2.75, 3.05) is 0 Å². The maximum atomic E-state index is 14.9. The van der Waals surface area contributed by atoms with E-state index in [0.29, 0.717) is 5.56 Å². The van der Waals surface area contributed by atoms with Gasteiger partial charge in [-0.1, -0.05) is 127 Å². The average molecular weight is 887 g/mol. The zero-order valence-electron chi connectivity index (χ0n) is 36.5. The summed E-state index contributed by atoms with van der Waals surface area (Å²) in [7, 11) is 0. The summed E-state index contributed by atoms with van der Waals surface area (Å²) in [5.74, 6) is -0.177. The topological polar surface area (TPSA) is 36.8 Å². The maximum absolute atomic E-state index is 14.9. The van der Waals surface area contributed by atoms with Crippen LogP contribution in [0.15, 0.2) is 231 Å². The molecule has 0 saturated carbocycles. The van der Waals surface area contributed by atoms with Crippen LogP contribution in [-0.2, 0) is 0 Å². The highest BCUT2D eigenvalue weighted by atomic mass is 32.1. The van der Waals surface area contributed by atoms with E-state index in [-0.39, 0.29) is 10.6 Å². The minimum Gasteiger partial charge on any atom is -0.309 e. The first kappa shape index (κ1) is 38.4. The summed E-state index contributed by atoms with van der Waals surface area (Å²) in [6, 6.07) is 80.9. The molecule has 68 heavy (non-hydrogen) atoms. The van der Waals surface area contributed by atoms with Crippen molar-refractivity contribution in [3.8, 4) is 22.7 Å². The molecule has 0 fully saturated rings. The molecule has 14 aromatic rings. The molecule has 0 unspecified atom stereocenters. The molecule has 0 amide bonds. The average Bonchev–Trinajstić information content (AvgIpc) is 4.11. The summed E-state index contributed by atoms with van der Waals surface area (Å²) >= 11 is 6.21. The molecule has 6 heteroatoms. The predicted molar refractivity (Wildman–Crippen MR) is 286 cm³/mol. The molecule has 0 spiro atoms. The van der Waals surface area contributed by atoms with Crippen LogP contribution in [0.5, 0.6) is 0 Å². The number of carbonyl (C=O) groups is 1. The van der Waals surface area contributed by atoms with Crippen LogP contribution in [0.25, 0.3) is 110 Å². The fraction of sp³-hybridized carbons (Fsp3) is 0. The zero-order valence-corrected chi connectivity index (χ0v) is 37.4. The first-order valence-corrected chi connectivity index (χ1v) is 23.3. The van der Waals surface area contributed by atoms with Crippen LogP contribution in [0.3, 0.4) is 0 Å². The fourth-order valence-electron chi connectivity index (χ4n) is 10.9. The van der Waals surface area contributed by atoms with Crippen LogP contribution in [0.4, 0.5) is 0 Å². The number of thiocarbonyl (C=S) groups is 1. The number of hydrogen-bond acceptors (Lipinski definition) is 2. The zero-order chi connectivity index (χ0) is 45.0. The Labute approximate surface area is 395 Å². The molecule has 0 radical (unpaired) electrons. The number of carbonyl (C=O) groups excluding carboxylic acids is 1. The molecule has 0 bridgehead atoms. The van der Waals surface area contributed by atoms with Gasteiger partial charge in [0.25, 0.3) is 0 Å². The molecule has 0 aliphatic carbocycles. The summed E-state index contributed by atoms with van der Waals surface area (Å²) in [4.78, 5) is 15.2. The molecule has 318 valence electrons. The number of hydrogen-bond donors (Lipinski definition) is 0. The Balaban J connectivity index is 0.946. The van der Waals surface area contributed by atoms with E-state index in [1.165, 1.54) is 10.8 Å². The molecule has 5 nitrogen and oxygen atoms in total. The van der Waals surface area contributed by atoms with Gasteiger partial charge in [0.1, 0.15) is 0 Å². The van der Waals surface area contributed by atoms with Crippen molar-refractivity contribution in [3.05, 3.63) is 242 Å². The van der Waals surface area contributed by atoms with Crippen molar-refractivity contribution in [1.82, 2.24) is 18.3 Å². The van der Waals surface area contributed by atoms with Crippen LogP contribution in [0.1, 0.15) is 15.9 Å². The molecular weight excluding hydrogens is 849 g/mol. The highest BCUT2D eigenvalue weighted by Crippen LogP contribution is 2.42.